The number of rotatable bonds is 6. The number of hydrogen-bond donors (Lipinski definition) is 5. The summed E-state index contributed by atoms with van der Waals surface area (Å²) in [6, 6.07) is 19.0. The van der Waals surface area contributed by atoms with Gasteiger partial charge in [0, 0.05) is 12.8 Å². The van der Waals surface area contributed by atoms with Crippen LogP contribution in [0.5, 0.6) is 28.7 Å². The summed E-state index contributed by atoms with van der Waals surface area (Å²) in [5, 5.41) is 51.8. The van der Waals surface area contributed by atoms with E-state index in [0.29, 0.717) is 34.4 Å². The first-order chi connectivity index (χ1) is 16.2. The molecule has 0 fully saturated rings. The third-order valence-corrected chi connectivity index (χ3v) is 6.79. The van der Waals surface area contributed by atoms with Crippen LogP contribution in [-0.2, 0) is 12.8 Å². The molecule has 5 N–H and O–H groups in total. The molecule has 34 heavy (non-hydrogen) atoms. The summed E-state index contributed by atoms with van der Waals surface area (Å²) in [5.74, 6) is 0.371. The van der Waals surface area contributed by atoms with Crippen LogP contribution < -0.4 is 0 Å². The second kappa shape index (κ2) is 9.61. The van der Waals surface area contributed by atoms with Crippen molar-refractivity contribution in [1.82, 2.24) is 0 Å². The fraction of sp³-hybridized carbons (Fsp3) is 0.143. The smallest absolute Gasteiger partial charge is 0.136 e. The molecule has 0 aliphatic heterocycles. The zero-order valence-electron chi connectivity index (χ0n) is 18.9. The van der Waals surface area contributed by atoms with Crippen molar-refractivity contribution in [3.05, 3.63) is 100 Å². The first-order valence-corrected chi connectivity index (χ1v) is 11.6. The van der Waals surface area contributed by atoms with Gasteiger partial charge in [0.05, 0.1) is 9.79 Å². The average molecular weight is 475 g/mol. The minimum atomic E-state index is -0.0397. The van der Waals surface area contributed by atoms with Crippen LogP contribution in [0.15, 0.2) is 76.5 Å². The lowest BCUT2D eigenvalue weighted by Gasteiger charge is -2.16. The van der Waals surface area contributed by atoms with E-state index in [9.17, 15) is 25.5 Å². The Kier molecular flexibility index (Phi) is 6.61. The summed E-state index contributed by atoms with van der Waals surface area (Å²) in [7, 11) is 0. The van der Waals surface area contributed by atoms with Gasteiger partial charge in [0.15, 0.2) is 0 Å². The molecule has 0 aromatic heterocycles. The molecule has 0 saturated carbocycles. The van der Waals surface area contributed by atoms with Gasteiger partial charge in [0.25, 0.3) is 0 Å². The third kappa shape index (κ3) is 5.07. The minimum absolute atomic E-state index is 0.0297. The van der Waals surface area contributed by atoms with E-state index in [4.69, 9.17) is 0 Å². The average Bonchev–Trinajstić information content (AvgIpc) is 2.80. The maximum absolute atomic E-state index is 11.0. The van der Waals surface area contributed by atoms with Crippen LogP contribution in [0, 0.1) is 13.8 Å². The largest absolute Gasteiger partial charge is 0.508 e. The van der Waals surface area contributed by atoms with Crippen LogP contribution in [0.3, 0.4) is 0 Å². The van der Waals surface area contributed by atoms with Gasteiger partial charge in [-0.2, -0.15) is 0 Å². The Hall–Kier alpha value is -3.77. The van der Waals surface area contributed by atoms with E-state index >= 15 is 0 Å². The van der Waals surface area contributed by atoms with Gasteiger partial charge < -0.3 is 25.5 Å². The predicted molar refractivity (Wildman–Crippen MR) is 133 cm³/mol. The van der Waals surface area contributed by atoms with Gasteiger partial charge in [-0.05, 0) is 83.6 Å². The molecule has 0 bridgehead atoms. The normalized spacial score (nSPS) is 11.0. The molecule has 0 heterocycles. The highest BCUT2D eigenvalue weighted by molar-refractivity contribution is 7.99. The van der Waals surface area contributed by atoms with Crippen LogP contribution in [0.4, 0.5) is 0 Å². The fourth-order valence-corrected chi connectivity index (χ4v) is 5.05. The van der Waals surface area contributed by atoms with Crippen LogP contribution in [0.2, 0.25) is 0 Å². The number of hydrogen-bond acceptors (Lipinski definition) is 6. The van der Waals surface area contributed by atoms with Gasteiger partial charge in [-0.3, -0.25) is 0 Å². The van der Waals surface area contributed by atoms with E-state index in [-0.39, 0.29) is 33.6 Å². The maximum Gasteiger partial charge on any atom is 0.136 e. The van der Waals surface area contributed by atoms with Crippen molar-refractivity contribution in [2.45, 2.75) is 36.5 Å². The lowest BCUT2D eigenvalue weighted by Crippen LogP contribution is -1.94. The van der Waals surface area contributed by atoms with E-state index in [1.807, 2.05) is 19.1 Å². The standard InChI is InChI=1S/C28H26O5S/c1-16-11-20(14-18-3-7-22(29)8-4-18)26(32)24(12-16)34-28-25(31)17(2)13-21(27(28)33)15-19-5-9-23(30)10-6-19/h3-13,29-33H,14-15H2,1-2H3. The Balaban J connectivity index is 1.69. The SMILES string of the molecule is Cc1cc(Cc2ccc(O)cc2)c(O)c(Sc2c(O)c(C)cc(Cc3ccc(O)cc3)c2O)c1. The molecular weight excluding hydrogens is 448 g/mol. The summed E-state index contributed by atoms with van der Waals surface area (Å²) in [5.41, 5.74) is 4.75. The van der Waals surface area contributed by atoms with Crippen molar-refractivity contribution in [2.24, 2.45) is 0 Å². The van der Waals surface area contributed by atoms with E-state index in [1.54, 1.807) is 61.5 Å². The van der Waals surface area contributed by atoms with Crippen LogP contribution in [-0.4, -0.2) is 25.5 Å². The van der Waals surface area contributed by atoms with Gasteiger partial charge in [-0.1, -0.05) is 42.1 Å². The van der Waals surface area contributed by atoms with E-state index in [1.165, 1.54) is 0 Å². The van der Waals surface area contributed by atoms with Gasteiger partial charge >= 0.3 is 0 Å². The lowest BCUT2D eigenvalue weighted by atomic mass is 10.0. The second-order valence-corrected chi connectivity index (χ2v) is 9.49. The van der Waals surface area contributed by atoms with Gasteiger partial charge in [0.1, 0.15) is 28.7 Å². The number of aromatic hydroxyl groups is 5. The van der Waals surface area contributed by atoms with Gasteiger partial charge in [-0.15, -0.1) is 0 Å². The Morgan fingerprint density at radius 1 is 0.588 bits per heavy atom. The molecule has 5 nitrogen and oxygen atoms in total. The highest BCUT2D eigenvalue weighted by Gasteiger charge is 2.20. The van der Waals surface area contributed by atoms with Crippen molar-refractivity contribution < 1.29 is 25.5 Å². The molecule has 0 amide bonds. The molecular formula is C28H26O5S. The minimum Gasteiger partial charge on any atom is -0.508 e. The molecule has 0 saturated heterocycles. The predicted octanol–water partition coefficient (Wildman–Crippen LogP) is 6.16. The van der Waals surface area contributed by atoms with E-state index in [0.717, 1.165) is 28.5 Å². The topological polar surface area (TPSA) is 101 Å². The summed E-state index contributed by atoms with van der Waals surface area (Å²) in [6.07, 6.45) is 0.895. The summed E-state index contributed by atoms with van der Waals surface area (Å²) in [6.45, 7) is 3.70. The van der Waals surface area contributed by atoms with Crippen molar-refractivity contribution >= 4 is 11.8 Å². The first kappa shape index (κ1) is 23.4. The van der Waals surface area contributed by atoms with Crippen LogP contribution >= 0.6 is 11.8 Å². The summed E-state index contributed by atoms with van der Waals surface area (Å²) < 4.78 is 0. The van der Waals surface area contributed by atoms with Gasteiger partial charge in [-0.25, -0.2) is 0 Å². The Bertz CT molecular complexity index is 1330. The lowest BCUT2D eigenvalue weighted by molar-refractivity contribution is 0.421. The summed E-state index contributed by atoms with van der Waals surface area (Å²) >= 11 is 1.12. The molecule has 0 aliphatic rings. The quantitative estimate of drug-likeness (QED) is 0.229. The fourth-order valence-electron chi connectivity index (χ4n) is 3.87. The Morgan fingerprint density at radius 2 is 1.09 bits per heavy atom. The van der Waals surface area contributed by atoms with Crippen LogP contribution in [0.25, 0.3) is 0 Å². The van der Waals surface area contributed by atoms with Crippen molar-refractivity contribution in [2.75, 3.05) is 0 Å². The highest BCUT2D eigenvalue weighted by Crippen LogP contribution is 2.48. The highest BCUT2D eigenvalue weighted by atomic mass is 32.2. The molecule has 0 aliphatic carbocycles. The molecule has 0 unspecified atom stereocenters. The number of benzene rings is 4. The summed E-state index contributed by atoms with van der Waals surface area (Å²) in [4.78, 5) is 0.811. The second-order valence-electron chi connectivity index (χ2n) is 8.44. The first-order valence-electron chi connectivity index (χ1n) is 10.8. The zero-order valence-corrected chi connectivity index (χ0v) is 19.7. The maximum atomic E-state index is 11.0. The molecule has 0 spiro atoms. The number of phenolic OH excluding ortho intramolecular Hbond substituents is 5. The van der Waals surface area contributed by atoms with Crippen molar-refractivity contribution in [1.29, 1.82) is 0 Å². The van der Waals surface area contributed by atoms with Crippen molar-refractivity contribution in [3.63, 3.8) is 0 Å². The molecule has 4 aromatic rings. The number of phenols is 5. The molecule has 4 rings (SSSR count). The molecule has 4 aromatic carbocycles. The molecule has 0 atom stereocenters. The number of aryl methyl sites for hydroxylation is 2. The Labute approximate surface area is 202 Å². The molecule has 6 heteroatoms. The third-order valence-electron chi connectivity index (χ3n) is 5.67. The van der Waals surface area contributed by atoms with Crippen LogP contribution in [0.1, 0.15) is 33.4 Å². The van der Waals surface area contributed by atoms with E-state index in [2.05, 4.69) is 0 Å². The van der Waals surface area contributed by atoms with E-state index < -0.39 is 0 Å². The zero-order chi connectivity index (χ0) is 24.4. The molecule has 174 valence electrons. The van der Waals surface area contributed by atoms with Gasteiger partial charge in [0.2, 0.25) is 0 Å². The van der Waals surface area contributed by atoms with Crippen molar-refractivity contribution in [3.8, 4) is 28.7 Å². The molecule has 0 radical (unpaired) electrons. The monoisotopic (exact) mass is 474 g/mol. The Morgan fingerprint density at radius 3 is 1.62 bits per heavy atom.